The van der Waals surface area contributed by atoms with Gasteiger partial charge < -0.3 is 4.90 Å². The fourth-order valence-corrected chi connectivity index (χ4v) is 8.77. The maximum absolute atomic E-state index is 2.46. The third-order valence-electron chi connectivity index (χ3n) is 11.3. The molecule has 1 heteroatoms. The van der Waals surface area contributed by atoms with Crippen LogP contribution in [0.4, 0.5) is 17.1 Å². The highest BCUT2D eigenvalue weighted by Crippen LogP contribution is 2.57. The van der Waals surface area contributed by atoms with Gasteiger partial charge in [-0.1, -0.05) is 200 Å². The molecule has 0 N–H and O–H groups in total. The topological polar surface area (TPSA) is 3.24 Å². The lowest BCUT2D eigenvalue weighted by atomic mass is 9.67. The smallest absolute Gasteiger partial charge is 0.0674 e. The summed E-state index contributed by atoms with van der Waals surface area (Å²) < 4.78 is 0. The summed E-state index contributed by atoms with van der Waals surface area (Å²) in [6.45, 7) is 4.38. The van der Waals surface area contributed by atoms with Crippen molar-refractivity contribution in [2.24, 2.45) is 0 Å². The van der Waals surface area contributed by atoms with Crippen molar-refractivity contribution in [3.63, 3.8) is 0 Å². The van der Waals surface area contributed by atoms with Gasteiger partial charge in [-0.15, -0.1) is 0 Å². The minimum Gasteiger partial charge on any atom is -0.310 e. The molecule has 268 valence electrons. The number of anilines is 3. The Hall–Kier alpha value is -6.96. The molecule has 1 atom stereocenters. The van der Waals surface area contributed by atoms with Gasteiger partial charge in [-0.2, -0.15) is 0 Å². The molecule has 0 aromatic heterocycles. The van der Waals surface area contributed by atoms with E-state index in [0.717, 1.165) is 17.1 Å². The largest absolute Gasteiger partial charge is 0.310 e. The van der Waals surface area contributed by atoms with E-state index in [1.54, 1.807) is 0 Å². The second-order valence-corrected chi connectivity index (χ2v) is 14.4. The van der Waals surface area contributed by atoms with E-state index in [9.17, 15) is 0 Å². The summed E-state index contributed by atoms with van der Waals surface area (Å²) in [5.74, 6) is 0. The van der Waals surface area contributed by atoms with E-state index in [4.69, 9.17) is 0 Å². The molecule has 0 bridgehead atoms. The van der Waals surface area contributed by atoms with Gasteiger partial charge in [0.2, 0.25) is 0 Å². The van der Waals surface area contributed by atoms with Gasteiger partial charge in [0, 0.05) is 16.9 Å². The van der Waals surface area contributed by atoms with Crippen molar-refractivity contribution in [1.82, 2.24) is 0 Å². The molecule has 0 amide bonds. The summed E-state index contributed by atoms with van der Waals surface area (Å²) in [6.07, 6.45) is 6.58. The van der Waals surface area contributed by atoms with Crippen molar-refractivity contribution in [2.75, 3.05) is 4.90 Å². The Balaban J connectivity index is 1.31. The summed E-state index contributed by atoms with van der Waals surface area (Å²) in [5.41, 5.74) is 17.7. The quantitative estimate of drug-likeness (QED) is 0.134. The zero-order chi connectivity index (χ0) is 37.9. The van der Waals surface area contributed by atoms with Crippen LogP contribution in [-0.4, -0.2) is 0 Å². The van der Waals surface area contributed by atoms with Crippen molar-refractivity contribution in [2.45, 2.75) is 19.3 Å². The normalized spacial score (nSPS) is 14.7. The van der Waals surface area contributed by atoms with Gasteiger partial charge in [-0.25, -0.2) is 0 Å². The molecule has 0 radical (unpaired) electrons. The molecule has 1 aliphatic rings. The zero-order valence-corrected chi connectivity index (χ0v) is 31.8. The minimum absolute atomic E-state index is 0.481. The van der Waals surface area contributed by atoms with E-state index in [0.29, 0.717) is 0 Å². The Morgan fingerprint density at radius 2 is 0.946 bits per heavy atom. The van der Waals surface area contributed by atoms with E-state index >= 15 is 0 Å². The second kappa shape index (κ2) is 15.1. The molecule has 0 fully saturated rings. The first kappa shape index (κ1) is 34.8. The molecular formula is C55H43N. The fourth-order valence-electron chi connectivity index (χ4n) is 8.77. The molecule has 8 aromatic rings. The molecule has 1 aliphatic carbocycles. The number of nitrogens with zero attached hydrogens (tertiary/aromatic N) is 1. The van der Waals surface area contributed by atoms with E-state index in [1.165, 1.54) is 66.8 Å². The highest BCUT2D eigenvalue weighted by atomic mass is 15.1. The SMILES string of the molecule is C/C=C\C=C(/C)C1(c2ccccc2)c2ccccc2-c2ccc(N(c3ccc(-c4ccccc4)cc3)c3ccccc3-c3ccccc3-c3ccccc3)cc21. The first-order chi connectivity index (χ1) is 27.7. The molecule has 56 heavy (non-hydrogen) atoms. The van der Waals surface area contributed by atoms with Gasteiger partial charge in [-0.05, 0) is 99.8 Å². The average molecular weight is 718 g/mol. The van der Waals surface area contributed by atoms with Crippen molar-refractivity contribution in [3.8, 4) is 44.5 Å². The van der Waals surface area contributed by atoms with Gasteiger partial charge in [0.15, 0.2) is 0 Å². The lowest BCUT2D eigenvalue weighted by Gasteiger charge is -2.35. The monoisotopic (exact) mass is 717 g/mol. The second-order valence-electron chi connectivity index (χ2n) is 14.4. The predicted octanol–water partition coefficient (Wildman–Crippen LogP) is 15.0. The van der Waals surface area contributed by atoms with Crippen LogP contribution in [0, 0.1) is 0 Å². The summed E-state index contributed by atoms with van der Waals surface area (Å²) in [7, 11) is 0. The highest BCUT2D eigenvalue weighted by Gasteiger charge is 2.46. The molecule has 1 unspecified atom stereocenters. The average Bonchev–Trinajstić information content (AvgIpc) is 3.57. The van der Waals surface area contributed by atoms with E-state index in [2.05, 4.69) is 243 Å². The Labute approximate surface area is 331 Å². The molecule has 0 saturated heterocycles. The van der Waals surface area contributed by atoms with Crippen LogP contribution in [-0.2, 0) is 5.41 Å². The van der Waals surface area contributed by atoms with Gasteiger partial charge in [0.05, 0.1) is 11.1 Å². The fraction of sp³-hybridized carbons (Fsp3) is 0.0545. The van der Waals surface area contributed by atoms with E-state index < -0.39 is 5.41 Å². The predicted molar refractivity (Wildman–Crippen MR) is 238 cm³/mol. The molecule has 0 heterocycles. The van der Waals surface area contributed by atoms with E-state index in [-0.39, 0.29) is 0 Å². The van der Waals surface area contributed by atoms with Crippen LogP contribution in [0.15, 0.2) is 230 Å². The van der Waals surface area contributed by atoms with Crippen molar-refractivity contribution in [3.05, 3.63) is 247 Å². The van der Waals surface area contributed by atoms with Gasteiger partial charge in [0.1, 0.15) is 0 Å². The molecule has 8 aromatic carbocycles. The Morgan fingerprint density at radius 1 is 0.429 bits per heavy atom. The third kappa shape index (κ3) is 5.99. The number of hydrogen-bond donors (Lipinski definition) is 0. The number of para-hydroxylation sites is 1. The van der Waals surface area contributed by atoms with E-state index in [1.807, 2.05) is 0 Å². The standard InChI is InChI=1S/C55H43N/c1-3-4-20-40(2)55(44-25-12-7-13-26-44)52-31-18-16-29-49(52)50-38-37-46(39-53(50)55)56(45-35-33-42(34-36-45)41-21-8-5-9-22-41)54-32-19-17-30-51(54)48-28-15-14-27-47(48)43-23-10-6-11-24-43/h3-39H,1-2H3/b4-3-,40-20+. The van der Waals surface area contributed by atoms with Crippen molar-refractivity contribution < 1.29 is 0 Å². The van der Waals surface area contributed by atoms with Crippen LogP contribution in [0.1, 0.15) is 30.5 Å². The van der Waals surface area contributed by atoms with Crippen LogP contribution in [0.25, 0.3) is 44.5 Å². The number of hydrogen-bond acceptors (Lipinski definition) is 1. The molecule has 0 aliphatic heterocycles. The summed E-state index contributed by atoms with van der Waals surface area (Å²) in [4.78, 5) is 2.45. The van der Waals surface area contributed by atoms with Gasteiger partial charge in [-0.3, -0.25) is 0 Å². The number of benzene rings is 8. The molecule has 9 rings (SSSR count). The lowest BCUT2D eigenvalue weighted by Crippen LogP contribution is -2.28. The number of allylic oxidation sites excluding steroid dienone is 4. The summed E-state index contributed by atoms with van der Waals surface area (Å²) in [5, 5.41) is 0. The molecule has 0 saturated carbocycles. The van der Waals surface area contributed by atoms with Crippen molar-refractivity contribution >= 4 is 17.1 Å². The van der Waals surface area contributed by atoms with Crippen LogP contribution in [0.5, 0.6) is 0 Å². The lowest BCUT2D eigenvalue weighted by molar-refractivity contribution is 0.746. The third-order valence-corrected chi connectivity index (χ3v) is 11.3. The van der Waals surface area contributed by atoms with Gasteiger partial charge in [0.25, 0.3) is 0 Å². The number of rotatable bonds is 9. The summed E-state index contributed by atoms with van der Waals surface area (Å²) in [6, 6.07) is 75.2. The van der Waals surface area contributed by atoms with Gasteiger partial charge >= 0.3 is 0 Å². The Morgan fingerprint density at radius 3 is 1.64 bits per heavy atom. The van der Waals surface area contributed by atoms with Crippen LogP contribution in [0.2, 0.25) is 0 Å². The van der Waals surface area contributed by atoms with Crippen molar-refractivity contribution in [1.29, 1.82) is 0 Å². The molecule has 0 spiro atoms. The number of fused-ring (bicyclic) bond motifs is 3. The zero-order valence-electron chi connectivity index (χ0n) is 31.8. The summed E-state index contributed by atoms with van der Waals surface area (Å²) >= 11 is 0. The van der Waals surface area contributed by atoms with Crippen LogP contribution in [0.3, 0.4) is 0 Å². The molecular weight excluding hydrogens is 675 g/mol. The Bertz CT molecular complexity index is 2690. The van der Waals surface area contributed by atoms with Crippen LogP contribution < -0.4 is 4.90 Å². The highest BCUT2D eigenvalue weighted by molar-refractivity contribution is 5.95. The Kier molecular flexibility index (Phi) is 9.35. The van der Waals surface area contributed by atoms with Crippen LogP contribution >= 0.6 is 0 Å². The maximum atomic E-state index is 2.46. The first-order valence-electron chi connectivity index (χ1n) is 19.5. The first-order valence-corrected chi connectivity index (χ1v) is 19.5. The minimum atomic E-state index is -0.481. The maximum Gasteiger partial charge on any atom is 0.0674 e. The molecule has 1 nitrogen and oxygen atoms in total.